The molecule has 3 nitrogen and oxygen atoms in total. The van der Waals surface area contributed by atoms with Gasteiger partial charge >= 0.3 is 0 Å². The van der Waals surface area contributed by atoms with Crippen LogP contribution in [0.5, 0.6) is 0 Å². The number of rotatable bonds is 4. The van der Waals surface area contributed by atoms with E-state index in [1.165, 1.54) is 11.3 Å². The second-order valence-corrected chi connectivity index (χ2v) is 7.63. The van der Waals surface area contributed by atoms with Gasteiger partial charge in [0, 0.05) is 6.54 Å². The Morgan fingerprint density at radius 2 is 2.05 bits per heavy atom. The van der Waals surface area contributed by atoms with Crippen molar-refractivity contribution >= 4 is 43.9 Å². The number of thiophene rings is 1. The van der Waals surface area contributed by atoms with E-state index in [-0.39, 0.29) is 5.91 Å². The molecule has 0 aliphatic rings. The second-order valence-electron chi connectivity index (χ2n) is 5.71. The molecule has 0 saturated carbocycles. The smallest absolute Gasteiger partial charge is 0.270 e. The minimum absolute atomic E-state index is 0.0558. The monoisotopic (exact) mass is 330 g/mol. The van der Waals surface area contributed by atoms with Crippen molar-refractivity contribution in [1.82, 2.24) is 4.98 Å². The number of hydrogen-bond donors (Lipinski definition) is 0. The molecule has 1 amide bonds. The van der Waals surface area contributed by atoms with Gasteiger partial charge in [-0.25, -0.2) is 4.98 Å². The highest BCUT2D eigenvalue weighted by atomic mass is 32.1. The van der Waals surface area contributed by atoms with Gasteiger partial charge in [0.15, 0.2) is 5.13 Å². The molecule has 0 atom stereocenters. The summed E-state index contributed by atoms with van der Waals surface area (Å²) >= 11 is 3.08. The lowest BCUT2D eigenvalue weighted by molar-refractivity contribution is 0.0987. The molecule has 2 aromatic heterocycles. The van der Waals surface area contributed by atoms with E-state index in [1.54, 1.807) is 11.3 Å². The molecule has 0 saturated heterocycles. The molecule has 114 valence electrons. The minimum Gasteiger partial charge on any atom is -0.283 e. The molecule has 0 radical (unpaired) electrons. The van der Waals surface area contributed by atoms with E-state index < -0.39 is 0 Å². The number of hydrogen-bond acceptors (Lipinski definition) is 4. The summed E-state index contributed by atoms with van der Waals surface area (Å²) in [6.07, 6.45) is 0. The van der Waals surface area contributed by atoms with Gasteiger partial charge in [0.05, 0.1) is 15.1 Å². The lowest BCUT2D eigenvalue weighted by atomic mass is 10.2. The third-order valence-corrected chi connectivity index (χ3v) is 5.43. The van der Waals surface area contributed by atoms with Crippen LogP contribution in [-0.2, 0) is 0 Å². The molecule has 0 unspecified atom stereocenters. The number of anilines is 1. The van der Waals surface area contributed by atoms with E-state index in [0.29, 0.717) is 12.5 Å². The first-order chi connectivity index (χ1) is 10.6. The van der Waals surface area contributed by atoms with Crippen LogP contribution >= 0.6 is 22.7 Å². The SMILES string of the molecule is Cc1ccsc1C(=O)N(CC(C)C)c1nc2ccccc2s1. The van der Waals surface area contributed by atoms with E-state index >= 15 is 0 Å². The van der Waals surface area contributed by atoms with Crippen molar-refractivity contribution in [3.05, 3.63) is 46.2 Å². The van der Waals surface area contributed by atoms with Gasteiger partial charge in [0.2, 0.25) is 0 Å². The number of amides is 1. The van der Waals surface area contributed by atoms with Gasteiger partial charge in [-0.05, 0) is 42.0 Å². The summed E-state index contributed by atoms with van der Waals surface area (Å²) < 4.78 is 1.11. The summed E-state index contributed by atoms with van der Waals surface area (Å²) in [5.41, 5.74) is 1.98. The van der Waals surface area contributed by atoms with Crippen molar-refractivity contribution in [3.63, 3.8) is 0 Å². The van der Waals surface area contributed by atoms with Gasteiger partial charge in [-0.3, -0.25) is 9.69 Å². The molecular formula is C17H18N2OS2. The number of aryl methyl sites for hydroxylation is 1. The number of aromatic nitrogens is 1. The van der Waals surface area contributed by atoms with Crippen LogP contribution in [0.25, 0.3) is 10.2 Å². The molecule has 2 heterocycles. The molecule has 1 aromatic carbocycles. The van der Waals surface area contributed by atoms with E-state index in [1.807, 2.05) is 47.5 Å². The standard InChI is InChI=1S/C17H18N2OS2/c1-11(2)10-19(16(20)15-12(3)8-9-21-15)17-18-13-6-4-5-7-14(13)22-17/h4-9,11H,10H2,1-3H3. The zero-order chi connectivity index (χ0) is 15.7. The Labute approximate surface area is 138 Å². The van der Waals surface area contributed by atoms with Crippen LogP contribution in [0, 0.1) is 12.8 Å². The van der Waals surface area contributed by atoms with E-state index in [9.17, 15) is 4.79 Å². The van der Waals surface area contributed by atoms with Gasteiger partial charge in [0.1, 0.15) is 0 Å². The second kappa shape index (κ2) is 6.18. The molecule has 0 bridgehead atoms. The summed E-state index contributed by atoms with van der Waals surface area (Å²) in [6.45, 7) is 6.90. The maximum absolute atomic E-state index is 12.9. The first-order valence-electron chi connectivity index (χ1n) is 7.28. The van der Waals surface area contributed by atoms with Crippen molar-refractivity contribution in [1.29, 1.82) is 0 Å². The van der Waals surface area contributed by atoms with Crippen LogP contribution in [0.3, 0.4) is 0 Å². The van der Waals surface area contributed by atoms with Crippen LogP contribution in [0.1, 0.15) is 29.1 Å². The number of thiazole rings is 1. The topological polar surface area (TPSA) is 33.2 Å². The fraction of sp³-hybridized carbons (Fsp3) is 0.294. The first-order valence-corrected chi connectivity index (χ1v) is 8.97. The van der Waals surface area contributed by atoms with Gasteiger partial charge in [-0.2, -0.15) is 0 Å². The predicted molar refractivity (Wildman–Crippen MR) is 95.2 cm³/mol. The van der Waals surface area contributed by atoms with Gasteiger partial charge in [0.25, 0.3) is 5.91 Å². The molecule has 3 aromatic rings. The number of nitrogens with zero attached hydrogens (tertiary/aromatic N) is 2. The average Bonchev–Trinajstić information content (AvgIpc) is 3.09. The lowest BCUT2D eigenvalue weighted by Crippen LogP contribution is -2.34. The van der Waals surface area contributed by atoms with Crippen molar-refractivity contribution in [2.24, 2.45) is 5.92 Å². The molecule has 5 heteroatoms. The fourth-order valence-electron chi connectivity index (χ4n) is 2.30. The largest absolute Gasteiger partial charge is 0.283 e. The number of carbonyl (C=O) groups excluding carboxylic acids is 1. The number of carbonyl (C=O) groups is 1. The van der Waals surface area contributed by atoms with Crippen LogP contribution in [0.4, 0.5) is 5.13 Å². The molecule has 0 fully saturated rings. The maximum Gasteiger partial charge on any atom is 0.270 e. The van der Waals surface area contributed by atoms with Gasteiger partial charge < -0.3 is 0 Å². The minimum atomic E-state index is 0.0558. The third-order valence-electron chi connectivity index (χ3n) is 3.36. The van der Waals surface area contributed by atoms with Crippen molar-refractivity contribution in [3.8, 4) is 0 Å². The highest BCUT2D eigenvalue weighted by Gasteiger charge is 2.24. The molecule has 0 aliphatic carbocycles. The van der Waals surface area contributed by atoms with Gasteiger partial charge in [-0.15, -0.1) is 11.3 Å². The summed E-state index contributed by atoms with van der Waals surface area (Å²) in [4.78, 5) is 20.2. The van der Waals surface area contributed by atoms with Crippen molar-refractivity contribution in [2.75, 3.05) is 11.4 Å². The number of benzene rings is 1. The Kier molecular flexibility index (Phi) is 4.27. The summed E-state index contributed by atoms with van der Waals surface area (Å²) in [7, 11) is 0. The zero-order valence-corrected chi connectivity index (χ0v) is 14.5. The predicted octanol–water partition coefficient (Wildman–Crippen LogP) is 4.97. The fourth-order valence-corrected chi connectivity index (χ4v) is 4.15. The number of para-hydroxylation sites is 1. The Morgan fingerprint density at radius 1 is 1.27 bits per heavy atom. The highest BCUT2D eigenvalue weighted by Crippen LogP contribution is 2.31. The zero-order valence-electron chi connectivity index (χ0n) is 12.9. The lowest BCUT2D eigenvalue weighted by Gasteiger charge is -2.21. The summed E-state index contributed by atoms with van der Waals surface area (Å²) in [6, 6.07) is 10.0. The van der Waals surface area contributed by atoms with Crippen LogP contribution in [0.15, 0.2) is 35.7 Å². The molecule has 0 aliphatic heterocycles. The van der Waals surface area contributed by atoms with Crippen molar-refractivity contribution in [2.45, 2.75) is 20.8 Å². The average molecular weight is 330 g/mol. The Balaban J connectivity index is 2.02. The molecular weight excluding hydrogens is 312 g/mol. The van der Waals surface area contributed by atoms with E-state index in [0.717, 1.165) is 25.8 Å². The molecule has 3 rings (SSSR count). The van der Waals surface area contributed by atoms with Crippen LogP contribution in [0.2, 0.25) is 0 Å². The Bertz CT molecular complexity index is 771. The quantitative estimate of drug-likeness (QED) is 0.677. The normalized spacial score (nSPS) is 11.3. The third kappa shape index (κ3) is 2.91. The van der Waals surface area contributed by atoms with E-state index in [4.69, 9.17) is 0 Å². The maximum atomic E-state index is 12.9. The summed E-state index contributed by atoms with van der Waals surface area (Å²) in [5.74, 6) is 0.441. The van der Waals surface area contributed by atoms with Crippen LogP contribution < -0.4 is 4.90 Å². The molecule has 22 heavy (non-hydrogen) atoms. The highest BCUT2D eigenvalue weighted by molar-refractivity contribution is 7.22. The molecule has 0 N–H and O–H groups in total. The van der Waals surface area contributed by atoms with Crippen LogP contribution in [-0.4, -0.2) is 17.4 Å². The molecule has 0 spiro atoms. The Hall–Kier alpha value is -1.72. The van der Waals surface area contributed by atoms with Crippen molar-refractivity contribution < 1.29 is 4.79 Å². The van der Waals surface area contributed by atoms with Gasteiger partial charge in [-0.1, -0.05) is 37.3 Å². The Morgan fingerprint density at radius 3 is 2.68 bits per heavy atom. The first kappa shape index (κ1) is 15.2. The number of fused-ring (bicyclic) bond motifs is 1. The van der Waals surface area contributed by atoms with E-state index in [2.05, 4.69) is 18.8 Å². The summed E-state index contributed by atoms with van der Waals surface area (Å²) in [5, 5.41) is 2.75.